The van der Waals surface area contributed by atoms with Crippen molar-refractivity contribution in [2.45, 2.75) is 51.7 Å². The largest absolute Gasteiger partial charge is 0.477 e. The van der Waals surface area contributed by atoms with Gasteiger partial charge in [-0.2, -0.15) is 0 Å². The number of aromatic carboxylic acids is 1. The number of nitrogens with zero attached hydrogens (tertiary/aromatic N) is 2. The Morgan fingerprint density at radius 3 is 2.37 bits per heavy atom. The maximum atomic E-state index is 16.2. The number of rotatable bonds is 6. The molecule has 186 valence electrons. The molecule has 1 saturated heterocycles. The number of fused-ring (bicyclic) bond motifs is 1. The van der Waals surface area contributed by atoms with Crippen LogP contribution < -0.4 is 21.0 Å². The molecule has 35 heavy (non-hydrogen) atoms. The summed E-state index contributed by atoms with van der Waals surface area (Å²) in [6.45, 7) is 6.16. The number of amides is 1. The minimum Gasteiger partial charge on any atom is -0.477 e. The average molecular weight is 487 g/mol. The van der Waals surface area contributed by atoms with Crippen molar-refractivity contribution in [2.24, 2.45) is 0 Å². The van der Waals surface area contributed by atoms with Crippen molar-refractivity contribution in [3.05, 3.63) is 57.9 Å². The number of carbonyl (C=O) groups excluding carboxylic acids is 1. The molecular weight excluding hydrogens is 458 g/mol. The second-order valence-electron chi connectivity index (χ2n) is 9.14. The van der Waals surface area contributed by atoms with Crippen molar-refractivity contribution in [2.75, 3.05) is 23.3 Å². The van der Waals surface area contributed by atoms with Gasteiger partial charge in [0.25, 0.3) is 0 Å². The average Bonchev–Trinajstić information content (AvgIpc) is 3.61. The van der Waals surface area contributed by atoms with E-state index in [1.54, 1.807) is 24.0 Å². The van der Waals surface area contributed by atoms with E-state index >= 15 is 8.78 Å². The maximum absolute atomic E-state index is 16.2. The standard InChI is InChI=1S/C25H28F2N4O4/c1-4-5-6-7-17(32)29-21-18-22(31(15-8-9-15)12-16(24(18)33)25(34)35)20(27)23(19(21)26)30-10-13(2)28-14(3)11-30/h4-7,12-15,28H,8-11H2,1-3H3,(H,29,32)(H,34,35). The summed E-state index contributed by atoms with van der Waals surface area (Å²) >= 11 is 0. The Hall–Kier alpha value is -3.53. The van der Waals surface area contributed by atoms with Gasteiger partial charge in [0.15, 0.2) is 11.6 Å². The molecular formula is C25H28F2N4O4. The molecule has 1 aliphatic heterocycles. The van der Waals surface area contributed by atoms with Crippen molar-refractivity contribution in [3.63, 3.8) is 0 Å². The number of halogens is 2. The zero-order valence-electron chi connectivity index (χ0n) is 19.8. The normalized spacial score (nSPS) is 20.8. The van der Waals surface area contributed by atoms with Gasteiger partial charge in [-0.05, 0) is 33.6 Å². The first kappa shape index (κ1) is 24.6. The number of allylic oxidation sites excluding steroid dienone is 3. The molecule has 2 aromatic rings. The molecule has 1 amide bonds. The third-order valence-corrected chi connectivity index (χ3v) is 6.17. The Kier molecular flexibility index (Phi) is 6.75. The molecule has 4 rings (SSSR count). The molecule has 2 unspecified atom stereocenters. The lowest BCUT2D eigenvalue weighted by molar-refractivity contribution is -0.111. The number of carboxylic acids is 1. The smallest absolute Gasteiger partial charge is 0.341 e. The van der Waals surface area contributed by atoms with Crippen molar-refractivity contribution >= 4 is 34.2 Å². The third kappa shape index (κ3) is 4.70. The number of nitrogens with one attached hydrogen (secondary N) is 2. The maximum Gasteiger partial charge on any atom is 0.341 e. The molecule has 0 spiro atoms. The number of hydrogen-bond acceptors (Lipinski definition) is 5. The second kappa shape index (κ2) is 9.61. The number of carbonyl (C=O) groups is 2. The summed E-state index contributed by atoms with van der Waals surface area (Å²) < 4.78 is 33.6. The monoisotopic (exact) mass is 486 g/mol. The number of benzene rings is 1. The molecule has 8 nitrogen and oxygen atoms in total. The Labute approximate surface area is 200 Å². The van der Waals surface area contributed by atoms with Crippen LogP contribution in [0.3, 0.4) is 0 Å². The van der Waals surface area contributed by atoms with E-state index in [0.717, 1.165) is 12.3 Å². The van der Waals surface area contributed by atoms with Crippen LogP contribution in [0, 0.1) is 11.6 Å². The summed E-state index contributed by atoms with van der Waals surface area (Å²) in [6.07, 6.45) is 8.31. The van der Waals surface area contributed by atoms with E-state index in [4.69, 9.17) is 0 Å². The van der Waals surface area contributed by atoms with Gasteiger partial charge in [-0.3, -0.25) is 9.59 Å². The van der Waals surface area contributed by atoms with E-state index in [1.807, 2.05) is 13.8 Å². The molecule has 2 fully saturated rings. The van der Waals surface area contributed by atoms with Crippen molar-refractivity contribution in [3.8, 4) is 0 Å². The highest BCUT2D eigenvalue weighted by Gasteiger charge is 2.35. The summed E-state index contributed by atoms with van der Waals surface area (Å²) in [5.74, 6) is -4.29. The van der Waals surface area contributed by atoms with Crippen LogP contribution in [-0.2, 0) is 4.79 Å². The topological polar surface area (TPSA) is 104 Å². The number of anilines is 2. The van der Waals surface area contributed by atoms with Gasteiger partial charge < -0.3 is 25.2 Å². The van der Waals surface area contributed by atoms with Crippen LogP contribution in [0.25, 0.3) is 10.9 Å². The predicted octanol–water partition coefficient (Wildman–Crippen LogP) is 3.57. The summed E-state index contributed by atoms with van der Waals surface area (Å²) in [7, 11) is 0. The zero-order valence-corrected chi connectivity index (χ0v) is 19.8. The minimum atomic E-state index is -1.51. The molecule has 2 aliphatic rings. The van der Waals surface area contributed by atoms with Crippen LogP contribution in [0.1, 0.15) is 50.0 Å². The van der Waals surface area contributed by atoms with E-state index in [1.165, 1.54) is 10.6 Å². The number of pyridine rings is 1. The van der Waals surface area contributed by atoms with Gasteiger partial charge in [-0.1, -0.05) is 18.2 Å². The summed E-state index contributed by atoms with van der Waals surface area (Å²) in [6, 6.07) is -0.340. The van der Waals surface area contributed by atoms with Crippen molar-refractivity contribution < 1.29 is 23.5 Å². The fraction of sp³-hybridized carbons (Fsp3) is 0.400. The molecule has 0 bridgehead atoms. The SMILES string of the molecule is CC=CC=CC(=O)Nc1c(F)c(N2CC(C)NC(C)C2)c(F)c2c1c(=O)c(C(=O)O)cn2C1CC1. The third-order valence-electron chi connectivity index (χ3n) is 6.17. The lowest BCUT2D eigenvalue weighted by Crippen LogP contribution is -2.54. The lowest BCUT2D eigenvalue weighted by atomic mass is 10.0. The predicted molar refractivity (Wildman–Crippen MR) is 130 cm³/mol. The van der Waals surface area contributed by atoms with E-state index in [2.05, 4.69) is 10.6 Å². The van der Waals surface area contributed by atoms with Gasteiger partial charge in [0, 0.05) is 43.5 Å². The Morgan fingerprint density at radius 2 is 1.80 bits per heavy atom. The highest BCUT2D eigenvalue weighted by atomic mass is 19.1. The molecule has 10 heteroatoms. The molecule has 0 radical (unpaired) electrons. The first-order chi connectivity index (χ1) is 16.6. The quantitative estimate of drug-likeness (QED) is 0.426. The highest BCUT2D eigenvalue weighted by molar-refractivity contribution is 6.08. The number of hydrogen-bond donors (Lipinski definition) is 3. The van der Waals surface area contributed by atoms with Crippen LogP contribution in [0.15, 0.2) is 35.3 Å². The number of carboxylic acid groups (broad SMARTS) is 1. The summed E-state index contributed by atoms with van der Waals surface area (Å²) in [5.41, 5.74) is -2.73. The first-order valence-electron chi connectivity index (χ1n) is 11.6. The van der Waals surface area contributed by atoms with Gasteiger partial charge in [-0.25, -0.2) is 13.6 Å². The highest BCUT2D eigenvalue weighted by Crippen LogP contribution is 2.42. The van der Waals surface area contributed by atoms with Crippen LogP contribution in [0.5, 0.6) is 0 Å². The second-order valence-corrected chi connectivity index (χ2v) is 9.14. The minimum absolute atomic E-state index is 0.0601. The first-order valence-corrected chi connectivity index (χ1v) is 11.6. The molecule has 3 N–H and O–H groups in total. The van der Waals surface area contributed by atoms with Crippen LogP contribution in [0.4, 0.5) is 20.2 Å². The number of aromatic nitrogens is 1. The van der Waals surface area contributed by atoms with Crippen molar-refractivity contribution in [1.82, 2.24) is 9.88 Å². The van der Waals surface area contributed by atoms with E-state index in [9.17, 15) is 19.5 Å². The Bertz CT molecular complexity index is 1300. The van der Waals surface area contributed by atoms with Crippen molar-refractivity contribution in [1.29, 1.82) is 0 Å². The Morgan fingerprint density at radius 1 is 1.14 bits per heavy atom. The molecule has 1 aromatic carbocycles. The molecule has 1 aromatic heterocycles. The van der Waals surface area contributed by atoms with Crippen LogP contribution >= 0.6 is 0 Å². The van der Waals surface area contributed by atoms with Gasteiger partial charge in [-0.15, -0.1) is 0 Å². The van der Waals surface area contributed by atoms with Gasteiger partial charge >= 0.3 is 5.97 Å². The van der Waals surface area contributed by atoms with Crippen LogP contribution in [-0.4, -0.2) is 46.7 Å². The fourth-order valence-electron chi connectivity index (χ4n) is 4.64. The van der Waals surface area contributed by atoms with Gasteiger partial charge in [0.05, 0.1) is 16.6 Å². The summed E-state index contributed by atoms with van der Waals surface area (Å²) in [4.78, 5) is 39.1. The molecule has 1 saturated carbocycles. The van der Waals surface area contributed by atoms with E-state index in [-0.39, 0.29) is 29.3 Å². The molecule has 2 atom stereocenters. The van der Waals surface area contributed by atoms with E-state index in [0.29, 0.717) is 25.9 Å². The van der Waals surface area contributed by atoms with E-state index < -0.39 is 45.6 Å². The zero-order chi connectivity index (χ0) is 25.4. The lowest BCUT2D eigenvalue weighted by Gasteiger charge is -2.38. The fourth-order valence-corrected chi connectivity index (χ4v) is 4.64. The number of piperazine rings is 1. The molecule has 1 aliphatic carbocycles. The summed E-state index contributed by atoms with van der Waals surface area (Å²) in [5, 5.41) is 14.8. The Balaban J connectivity index is 2.04. The van der Waals surface area contributed by atoms with Crippen LogP contribution in [0.2, 0.25) is 0 Å². The van der Waals surface area contributed by atoms with Gasteiger partial charge in [0.1, 0.15) is 11.3 Å². The molecule has 2 heterocycles. The van der Waals surface area contributed by atoms with Gasteiger partial charge in [0.2, 0.25) is 11.3 Å².